The topological polar surface area (TPSA) is 68.3 Å². The number of methoxy groups -OCH3 is 1. The molecule has 3 unspecified atom stereocenters. The van der Waals surface area contributed by atoms with Gasteiger partial charge in [0.25, 0.3) is 0 Å². The highest BCUT2D eigenvalue weighted by Crippen LogP contribution is 2.54. The van der Waals surface area contributed by atoms with Gasteiger partial charge in [0.2, 0.25) is 5.91 Å². The van der Waals surface area contributed by atoms with Gasteiger partial charge in [-0.25, -0.2) is 9.18 Å². The summed E-state index contributed by atoms with van der Waals surface area (Å²) in [5, 5.41) is 3.92. The van der Waals surface area contributed by atoms with Crippen molar-refractivity contribution in [2.75, 3.05) is 12.4 Å². The van der Waals surface area contributed by atoms with Crippen LogP contribution in [0.5, 0.6) is 0 Å². The molecular weight excluding hydrogens is 431 g/mol. The van der Waals surface area contributed by atoms with Gasteiger partial charge in [-0.15, -0.1) is 0 Å². The highest BCUT2D eigenvalue weighted by Gasteiger charge is 2.44. The molecule has 1 aromatic heterocycles. The zero-order chi connectivity index (χ0) is 23.8. The van der Waals surface area contributed by atoms with Gasteiger partial charge in [0, 0.05) is 23.2 Å². The summed E-state index contributed by atoms with van der Waals surface area (Å²) in [4.78, 5) is 28.9. The maximum absolute atomic E-state index is 13.9. The van der Waals surface area contributed by atoms with Crippen LogP contribution in [0.15, 0.2) is 54.7 Å². The predicted octanol–water partition coefficient (Wildman–Crippen LogP) is 5.96. The van der Waals surface area contributed by atoms with E-state index in [-0.39, 0.29) is 17.6 Å². The maximum Gasteiger partial charge on any atom is 0.337 e. The van der Waals surface area contributed by atoms with Gasteiger partial charge in [0.05, 0.1) is 18.2 Å². The van der Waals surface area contributed by atoms with Crippen LogP contribution in [0.1, 0.15) is 54.4 Å². The van der Waals surface area contributed by atoms with Crippen molar-refractivity contribution in [3.63, 3.8) is 0 Å². The number of esters is 1. The maximum atomic E-state index is 13.9. The minimum absolute atomic E-state index is 0.0166. The number of halogens is 1. The minimum Gasteiger partial charge on any atom is -0.465 e. The second-order valence-electron chi connectivity index (χ2n) is 9.83. The third kappa shape index (κ3) is 4.29. The number of anilines is 1. The number of hydrogen-bond acceptors (Lipinski definition) is 4. The molecule has 5 rings (SSSR count). The molecule has 5 atom stereocenters. The number of aromatic nitrogens is 1. The van der Waals surface area contributed by atoms with Crippen LogP contribution in [0.25, 0.3) is 10.9 Å². The SMILES string of the molecule is COC(=O)c1ccc(NC(=O)C(C)C2C[C@H]3CC(c4ccnc5ccc(F)cc45)C[C@H]3C2)cc1. The molecule has 176 valence electrons. The van der Waals surface area contributed by atoms with Crippen molar-refractivity contribution in [3.8, 4) is 0 Å². The van der Waals surface area contributed by atoms with Gasteiger partial charge >= 0.3 is 5.97 Å². The van der Waals surface area contributed by atoms with E-state index in [2.05, 4.69) is 10.3 Å². The number of carbonyl (C=O) groups excluding carboxylic acids is 2. The number of carbonyl (C=O) groups is 2. The van der Waals surface area contributed by atoms with Crippen molar-refractivity contribution in [1.29, 1.82) is 0 Å². The summed E-state index contributed by atoms with van der Waals surface area (Å²) < 4.78 is 18.6. The number of nitrogens with one attached hydrogen (secondary N) is 1. The molecule has 1 heterocycles. The Balaban J connectivity index is 1.21. The lowest BCUT2D eigenvalue weighted by Gasteiger charge is -2.21. The van der Waals surface area contributed by atoms with Gasteiger partial charge in [-0.3, -0.25) is 9.78 Å². The fourth-order valence-corrected chi connectivity index (χ4v) is 6.10. The van der Waals surface area contributed by atoms with E-state index in [1.54, 1.807) is 36.4 Å². The second kappa shape index (κ2) is 9.16. The van der Waals surface area contributed by atoms with E-state index >= 15 is 0 Å². The molecule has 2 aliphatic carbocycles. The number of hydrogen-bond donors (Lipinski definition) is 1. The van der Waals surface area contributed by atoms with Gasteiger partial charge in [0.1, 0.15) is 5.82 Å². The molecule has 0 spiro atoms. The summed E-state index contributed by atoms with van der Waals surface area (Å²) in [5.74, 6) is 1.29. The first-order valence-electron chi connectivity index (χ1n) is 12.0. The molecule has 5 nitrogen and oxygen atoms in total. The third-order valence-electron chi connectivity index (χ3n) is 7.92. The molecule has 1 amide bonds. The van der Waals surface area contributed by atoms with Crippen molar-refractivity contribution in [1.82, 2.24) is 4.98 Å². The van der Waals surface area contributed by atoms with Crippen molar-refractivity contribution < 1.29 is 18.7 Å². The zero-order valence-corrected chi connectivity index (χ0v) is 19.5. The minimum atomic E-state index is -0.396. The molecule has 0 aliphatic heterocycles. The molecule has 3 aromatic rings. The van der Waals surface area contributed by atoms with E-state index in [4.69, 9.17) is 4.74 Å². The van der Waals surface area contributed by atoms with E-state index in [9.17, 15) is 14.0 Å². The predicted molar refractivity (Wildman–Crippen MR) is 129 cm³/mol. The van der Waals surface area contributed by atoms with Crippen LogP contribution in [0.3, 0.4) is 0 Å². The van der Waals surface area contributed by atoms with Crippen molar-refractivity contribution in [2.45, 2.75) is 38.5 Å². The van der Waals surface area contributed by atoms with Crippen LogP contribution in [-0.4, -0.2) is 24.0 Å². The Hall–Kier alpha value is -3.28. The van der Waals surface area contributed by atoms with Crippen LogP contribution >= 0.6 is 0 Å². The standard InChI is InChI=1S/C28H29FN2O3/c1-16(27(32)31-23-6-3-17(4-7-23)28(33)34-2)18-11-19-13-21(14-20(19)12-18)24-9-10-30-26-8-5-22(29)15-25(24)26/h3-10,15-16,18-21H,11-14H2,1-2H3,(H,31,32)/t16?,18?,19-,20+,21?. The summed E-state index contributed by atoms with van der Waals surface area (Å²) in [6.45, 7) is 2.01. The fourth-order valence-electron chi connectivity index (χ4n) is 6.10. The molecule has 0 bridgehead atoms. The molecule has 0 radical (unpaired) electrons. The fraction of sp³-hybridized carbons (Fsp3) is 0.393. The monoisotopic (exact) mass is 460 g/mol. The van der Waals surface area contributed by atoms with Gasteiger partial charge < -0.3 is 10.1 Å². The lowest BCUT2D eigenvalue weighted by molar-refractivity contribution is -0.120. The van der Waals surface area contributed by atoms with Crippen LogP contribution in [-0.2, 0) is 9.53 Å². The lowest BCUT2D eigenvalue weighted by atomic mass is 9.86. The van der Waals surface area contributed by atoms with Crippen molar-refractivity contribution >= 4 is 28.5 Å². The van der Waals surface area contributed by atoms with E-state index in [0.717, 1.165) is 36.6 Å². The first-order valence-corrected chi connectivity index (χ1v) is 12.0. The van der Waals surface area contributed by atoms with Gasteiger partial charge in [0.15, 0.2) is 0 Å². The number of benzene rings is 2. The first kappa shape index (κ1) is 22.5. The Morgan fingerprint density at radius 2 is 1.74 bits per heavy atom. The molecular formula is C28H29FN2O3. The van der Waals surface area contributed by atoms with E-state index in [1.807, 2.05) is 19.2 Å². The summed E-state index contributed by atoms with van der Waals surface area (Å²) in [6, 6.07) is 13.6. The van der Waals surface area contributed by atoms with Crippen molar-refractivity contribution in [3.05, 3.63) is 71.7 Å². The molecule has 34 heavy (non-hydrogen) atoms. The zero-order valence-electron chi connectivity index (χ0n) is 19.5. The van der Waals surface area contributed by atoms with Crippen molar-refractivity contribution in [2.24, 2.45) is 23.7 Å². The van der Waals surface area contributed by atoms with Gasteiger partial charge in [-0.05, 0) is 103 Å². The number of pyridine rings is 1. The summed E-state index contributed by atoms with van der Waals surface area (Å²) in [6.07, 6.45) is 6.10. The molecule has 6 heteroatoms. The summed E-state index contributed by atoms with van der Waals surface area (Å²) >= 11 is 0. The smallest absolute Gasteiger partial charge is 0.337 e. The average Bonchev–Trinajstić information content (AvgIpc) is 3.42. The van der Waals surface area contributed by atoms with Crippen LogP contribution in [0, 0.1) is 29.5 Å². The number of amides is 1. The average molecular weight is 461 g/mol. The molecule has 1 N–H and O–H groups in total. The lowest BCUT2D eigenvalue weighted by Crippen LogP contribution is -2.26. The summed E-state index contributed by atoms with van der Waals surface area (Å²) in [7, 11) is 1.35. The number of ether oxygens (including phenoxy) is 1. The largest absolute Gasteiger partial charge is 0.465 e. The normalized spacial score (nSPS) is 24.6. The quantitative estimate of drug-likeness (QED) is 0.478. The van der Waals surface area contributed by atoms with Crippen LogP contribution in [0.2, 0.25) is 0 Å². The Morgan fingerprint density at radius 3 is 2.41 bits per heavy atom. The molecule has 0 saturated heterocycles. The Labute approximate surface area is 198 Å². The van der Waals surface area contributed by atoms with Crippen LogP contribution in [0.4, 0.5) is 10.1 Å². The number of rotatable bonds is 5. The van der Waals surface area contributed by atoms with Crippen LogP contribution < -0.4 is 5.32 Å². The Kier molecular flexibility index (Phi) is 6.07. The molecule has 2 saturated carbocycles. The number of fused-ring (bicyclic) bond motifs is 2. The van der Waals surface area contributed by atoms with E-state index in [0.29, 0.717) is 34.9 Å². The molecule has 2 aromatic carbocycles. The highest BCUT2D eigenvalue weighted by atomic mass is 19.1. The third-order valence-corrected chi connectivity index (χ3v) is 7.92. The summed E-state index contributed by atoms with van der Waals surface area (Å²) in [5.41, 5.74) is 3.19. The molecule has 2 aliphatic rings. The van der Waals surface area contributed by atoms with E-state index < -0.39 is 5.97 Å². The first-order chi connectivity index (χ1) is 16.4. The second-order valence-corrected chi connectivity index (χ2v) is 9.83. The highest BCUT2D eigenvalue weighted by molar-refractivity contribution is 5.94. The molecule has 2 fully saturated rings. The Bertz CT molecular complexity index is 1210. The van der Waals surface area contributed by atoms with Gasteiger partial charge in [-0.1, -0.05) is 6.92 Å². The van der Waals surface area contributed by atoms with E-state index in [1.165, 1.54) is 18.7 Å². The van der Waals surface area contributed by atoms with Gasteiger partial charge in [-0.2, -0.15) is 0 Å². The number of nitrogens with zero attached hydrogens (tertiary/aromatic N) is 1. The Morgan fingerprint density at radius 1 is 1.03 bits per heavy atom.